The van der Waals surface area contributed by atoms with Gasteiger partial charge in [0.15, 0.2) is 5.41 Å². The van der Waals surface area contributed by atoms with Gasteiger partial charge in [0.2, 0.25) is 0 Å². The van der Waals surface area contributed by atoms with E-state index < -0.39 is 17.4 Å². The Morgan fingerprint density at radius 1 is 1.24 bits per heavy atom. The van der Waals surface area contributed by atoms with E-state index in [2.05, 4.69) is 0 Å². The van der Waals surface area contributed by atoms with Crippen LogP contribution in [0.1, 0.15) is 20.3 Å². The van der Waals surface area contributed by atoms with Gasteiger partial charge >= 0.3 is 11.9 Å². The molecule has 0 spiro atoms. The fraction of sp³-hybridized carbons (Fsp3) is 0.583. The summed E-state index contributed by atoms with van der Waals surface area (Å²) in [5.41, 5.74) is -1.23. The fourth-order valence-corrected chi connectivity index (χ4v) is 1.77. The van der Waals surface area contributed by atoms with Crippen LogP contribution in [0.25, 0.3) is 0 Å². The Hall–Kier alpha value is -1.65. The summed E-state index contributed by atoms with van der Waals surface area (Å²) in [5.74, 6) is -1.44. The molecule has 1 rings (SSSR count). The van der Waals surface area contributed by atoms with Crippen LogP contribution in [0, 0.1) is 11.3 Å². The molecular formula is C12H16O5. The molecule has 94 valence electrons. The van der Waals surface area contributed by atoms with E-state index in [0.29, 0.717) is 12.7 Å². The van der Waals surface area contributed by atoms with Crippen molar-refractivity contribution in [1.29, 1.82) is 0 Å². The molecule has 1 fully saturated rings. The summed E-state index contributed by atoms with van der Waals surface area (Å²) in [5, 5.41) is 0. The molecule has 1 unspecified atom stereocenters. The lowest BCUT2D eigenvalue weighted by Crippen LogP contribution is -2.31. The molecule has 17 heavy (non-hydrogen) atoms. The van der Waals surface area contributed by atoms with E-state index >= 15 is 0 Å². The third-order valence-electron chi connectivity index (χ3n) is 2.72. The van der Waals surface area contributed by atoms with E-state index in [1.165, 1.54) is 6.08 Å². The van der Waals surface area contributed by atoms with Crippen molar-refractivity contribution in [3.05, 3.63) is 12.2 Å². The molecule has 0 aromatic heterocycles. The quantitative estimate of drug-likeness (QED) is 0.298. The van der Waals surface area contributed by atoms with Crippen molar-refractivity contribution in [2.75, 3.05) is 13.2 Å². The third-order valence-corrected chi connectivity index (χ3v) is 2.72. The molecule has 1 aliphatic rings. The van der Waals surface area contributed by atoms with Crippen molar-refractivity contribution in [3.63, 3.8) is 0 Å². The van der Waals surface area contributed by atoms with Crippen molar-refractivity contribution < 1.29 is 23.9 Å². The van der Waals surface area contributed by atoms with E-state index in [-0.39, 0.29) is 19.1 Å². The average Bonchev–Trinajstić information content (AvgIpc) is 3.03. The Morgan fingerprint density at radius 3 is 2.18 bits per heavy atom. The van der Waals surface area contributed by atoms with Gasteiger partial charge in [-0.3, -0.25) is 14.4 Å². The smallest absolute Gasteiger partial charge is 0.324 e. The zero-order valence-corrected chi connectivity index (χ0v) is 9.97. The highest BCUT2D eigenvalue weighted by molar-refractivity contribution is 6.04. The van der Waals surface area contributed by atoms with Crippen LogP contribution in [-0.2, 0) is 23.9 Å². The Bertz CT molecular complexity index is 327. The van der Waals surface area contributed by atoms with E-state index in [1.807, 2.05) is 0 Å². The van der Waals surface area contributed by atoms with Crippen molar-refractivity contribution in [1.82, 2.24) is 0 Å². The Balaban J connectivity index is 2.82. The lowest BCUT2D eigenvalue weighted by Gasteiger charge is -2.13. The Labute approximate surface area is 99.8 Å². The zero-order valence-electron chi connectivity index (χ0n) is 9.97. The molecule has 1 atom stereocenters. The Kier molecular flexibility index (Phi) is 4.43. The van der Waals surface area contributed by atoms with Crippen LogP contribution in [0.3, 0.4) is 0 Å². The number of aldehydes is 1. The maximum Gasteiger partial charge on any atom is 0.324 e. The number of allylic oxidation sites excluding steroid dienone is 2. The monoisotopic (exact) mass is 240 g/mol. The number of carbonyl (C=O) groups is 3. The second kappa shape index (κ2) is 5.61. The molecule has 1 aliphatic carbocycles. The molecule has 1 saturated carbocycles. The lowest BCUT2D eigenvalue weighted by atomic mass is 10.0. The van der Waals surface area contributed by atoms with Crippen LogP contribution in [0.4, 0.5) is 0 Å². The maximum absolute atomic E-state index is 11.8. The molecule has 0 radical (unpaired) electrons. The SMILES string of the molecule is CCOC(=O)C1(C(=O)OCC)CC1/C=C\C=O. The van der Waals surface area contributed by atoms with Gasteiger partial charge in [0, 0.05) is 5.92 Å². The van der Waals surface area contributed by atoms with Crippen molar-refractivity contribution >= 4 is 18.2 Å². The van der Waals surface area contributed by atoms with Gasteiger partial charge in [0.05, 0.1) is 13.2 Å². The topological polar surface area (TPSA) is 69.7 Å². The number of hydrogen-bond acceptors (Lipinski definition) is 5. The molecule has 5 heteroatoms. The molecule has 0 bridgehead atoms. The van der Waals surface area contributed by atoms with Gasteiger partial charge in [-0.05, 0) is 26.3 Å². The fourth-order valence-electron chi connectivity index (χ4n) is 1.77. The third kappa shape index (κ3) is 2.54. The van der Waals surface area contributed by atoms with Gasteiger partial charge in [-0.15, -0.1) is 0 Å². The molecular weight excluding hydrogens is 224 g/mol. The molecule has 0 amide bonds. The minimum absolute atomic E-state index is 0.212. The summed E-state index contributed by atoms with van der Waals surface area (Å²) >= 11 is 0. The van der Waals surface area contributed by atoms with Crippen LogP contribution in [0.2, 0.25) is 0 Å². The minimum Gasteiger partial charge on any atom is -0.465 e. The molecule has 0 aliphatic heterocycles. The maximum atomic E-state index is 11.8. The zero-order chi connectivity index (χ0) is 12.9. The first-order chi connectivity index (χ1) is 8.13. The van der Waals surface area contributed by atoms with Crippen LogP contribution in [0.15, 0.2) is 12.2 Å². The average molecular weight is 240 g/mol. The van der Waals surface area contributed by atoms with Crippen molar-refractivity contribution in [2.24, 2.45) is 11.3 Å². The van der Waals surface area contributed by atoms with Gasteiger partial charge < -0.3 is 9.47 Å². The van der Waals surface area contributed by atoms with Gasteiger partial charge in [-0.1, -0.05) is 6.08 Å². The summed E-state index contributed by atoms with van der Waals surface area (Å²) < 4.78 is 9.77. The van der Waals surface area contributed by atoms with E-state index in [4.69, 9.17) is 9.47 Å². The summed E-state index contributed by atoms with van der Waals surface area (Å²) in [6.45, 7) is 3.78. The first-order valence-electron chi connectivity index (χ1n) is 5.59. The van der Waals surface area contributed by atoms with E-state index in [9.17, 15) is 14.4 Å². The lowest BCUT2D eigenvalue weighted by molar-refractivity contribution is -0.164. The summed E-state index contributed by atoms with van der Waals surface area (Å²) in [4.78, 5) is 33.8. The molecule has 0 N–H and O–H groups in total. The van der Waals surface area contributed by atoms with Gasteiger partial charge in [-0.25, -0.2) is 0 Å². The molecule has 0 aromatic carbocycles. The van der Waals surface area contributed by atoms with Crippen LogP contribution < -0.4 is 0 Å². The predicted octanol–water partition coefficient (Wildman–Crippen LogP) is 0.874. The van der Waals surface area contributed by atoms with Gasteiger partial charge in [0.1, 0.15) is 6.29 Å². The van der Waals surface area contributed by atoms with Gasteiger partial charge in [0.25, 0.3) is 0 Å². The van der Waals surface area contributed by atoms with Crippen LogP contribution in [-0.4, -0.2) is 31.4 Å². The highest BCUT2D eigenvalue weighted by Crippen LogP contribution is 2.55. The van der Waals surface area contributed by atoms with Gasteiger partial charge in [-0.2, -0.15) is 0 Å². The molecule has 0 saturated heterocycles. The Morgan fingerprint density at radius 2 is 1.76 bits per heavy atom. The highest BCUT2D eigenvalue weighted by Gasteiger charge is 2.67. The first kappa shape index (κ1) is 13.4. The second-order valence-corrected chi connectivity index (χ2v) is 3.74. The first-order valence-corrected chi connectivity index (χ1v) is 5.59. The molecule has 0 aromatic rings. The summed E-state index contributed by atoms with van der Waals surface area (Å²) in [6.07, 6.45) is 3.78. The number of carbonyl (C=O) groups excluding carboxylic acids is 3. The highest BCUT2D eigenvalue weighted by atomic mass is 16.6. The van der Waals surface area contributed by atoms with Crippen LogP contribution in [0.5, 0.6) is 0 Å². The largest absolute Gasteiger partial charge is 0.465 e. The molecule has 5 nitrogen and oxygen atoms in total. The van der Waals surface area contributed by atoms with Crippen molar-refractivity contribution in [2.45, 2.75) is 20.3 Å². The number of esters is 2. The summed E-state index contributed by atoms with van der Waals surface area (Å²) in [6, 6.07) is 0. The number of rotatable bonds is 6. The van der Waals surface area contributed by atoms with Crippen LogP contribution >= 0.6 is 0 Å². The predicted molar refractivity (Wildman–Crippen MR) is 59.0 cm³/mol. The number of ether oxygens (including phenoxy) is 2. The second-order valence-electron chi connectivity index (χ2n) is 3.74. The number of hydrogen-bond donors (Lipinski definition) is 0. The van der Waals surface area contributed by atoms with E-state index in [0.717, 1.165) is 0 Å². The molecule has 0 heterocycles. The summed E-state index contributed by atoms with van der Waals surface area (Å²) in [7, 11) is 0. The van der Waals surface area contributed by atoms with Crippen molar-refractivity contribution in [3.8, 4) is 0 Å². The standard InChI is InChI=1S/C12H16O5/c1-3-16-10(14)12(11(15)17-4-2)8-9(12)6-5-7-13/h5-7,9H,3-4,8H2,1-2H3/b6-5-. The van der Waals surface area contributed by atoms with E-state index in [1.54, 1.807) is 19.9 Å². The minimum atomic E-state index is -1.23. The normalized spacial score (nSPS) is 20.9.